The molecule has 0 unspecified atom stereocenters. The van der Waals surface area contributed by atoms with Crippen molar-refractivity contribution in [3.05, 3.63) is 71.9 Å². The zero-order valence-corrected chi connectivity index (χ0v) is 23.3. The first-order valence-corrected chi connectivity index (χ1v) is 14.5. The number of sulfonamides is 1. The predicted molar refractivity (Wildman–Crippen MR) is 151 cm³/mol. The number of anilines is 1. The van der Waals surface area contributed by atoms with Gasteiger partial charge in [-0.15, -0.1) is 0 Å². The number of nitrogens with one attached hydrogen (secondary N) is 1. The Morgan fingerprint density at radius 2 is 1.60 bits per heavy atom. The number of carboxylic acid groups (broad SMARTS) is 1. The number of aromatic carboxylic acids is 1. The van der Waals surface area contributed by atoms with Crippen LogP contribution in [0.2, 0.25) is 0 Å². The van der Waals surface area contributed by atoms with E-state index >= 15 is 0 Å². The second-order valence-electron chi connectivity index (χ2n) is 9.09. The number of benzene rings is 2. The fourth-order valence-electron chi connectivity index (χ4n) is 3.79. The van der Waals surface area contributed by atoms with Crippen LogP contribution in [0.5, 0.6) is 5.75 Å². The Morgan fingerprint density at radius 1 is 0.950 bits per heavy atom. The molecule has 0 fully saturated rings. The molecule has 12 heteroatoms. The van der Waals surface area contributed by atoms with Gasteiger partial charge in [0.1, 0.15) is 17.1 Å². The minimum Gasteiger partial charge on any atom is -0.507 e. The van der Waals surface area contributed by atoms with Crippen molar-refractivity contribution in [1.29, 1.82) is 0 Å². The molecule has 1 heterocycles. The van der Waals surface area contributed by atoms with Gasteiger partial charge in [0.15, 0.2) is 0 Å². The largest absolute Gasteiger partial charge is 0.507 e. The molecule has 0 radical (unpaired) electrons. The SMILES string of the molecule is CCCCN(CCCC)C(=O)Cc1cc(N=Nc2ccc(S(=O)(=O)Nc3ccccn3)cc2)cc(C(=O)O)c1O. The van der Waals surface area contributed by atoms with Crippen molar-refractivity contribution in [3.8, 4) is 5.75 Å². The Kier molecular flexibility index (Phi) is 10.7. The molecule has 0 bridgehead atoms. The number of nitrogens with zero attached hydrogens (tertiary/aromatic N) is 4. The number of carbonyl (C=O) groups excluding carboxylic acids is 1. The molecule has 0 spiro atoms. The first kappa shape index (κ1) is 30.2. The first-order chi connectivity index (χ1) is 19.1. The van der Waals surface area contributed by atoms with E-state index in [1.807, 2.05) is 13.8 Å². The molecule has 3 rings (SSSR count). The maximum atomic E-state index is 13.0. The Hall–Kier alpha value is -4.32. The standard InChI is InChI=1S/C28H33N5O6S/c1-3-5-15-33(16-6-4-2)26(34)18-20-17-22(19-24(27(20)35)28(36)37)31-30-21-10-12-23(13-11-21)40(38,39)32-25-9-7-8-14-29-25/h7-14,17,19,35H,3-6,15-16,18H2,1-2H3,(H,29,32)(H,36,37). The quantitative estimate of drug-likeness (QED) is 0.211. The average Bonchev–Trinajstić information content (AvgIpc) is 2.93. The molecule has 0 saturated heterocycles. The van der Waals surface area contributed by atoms with Gasteiger partial charge in [0, 0.05) is 24.8 Å². The van der Waals surface area contributed by atoms with E-state index in [9.17, 15) is 28.2 Å². The number of unbranched alkanes of at least 4 members (excludes halogenated alkanes) is 2. The van der Waals surface area contributed by atoms with Gasteiger partial charge in [-0.25, -0.2) is 18.2 Å². The maximum Gasteiger partial charge on any atom is 0.339 e. The molecule has 1 amide bonds. The van der Waals surface area contributed by atoms with Gasteiger partial charge in [-0.05, 0) is 61.4 Å². The molecule has 0 atom stereocenters. The minimum absolute atomic E-state index is 0.00796. The number of rotatable bonds is 14. The number of aromatic hydroxyl groups is 1. The summed E-state index contributed by atoms with van der Waals surface area (Å²) < 4.78 is 27.6. The number of pyridine rings is 1. The lowest BCUT2D eigenvalue weighted by Crippen LogP contribution is -2.34. The normalized spacial score (nSPS) is 11.4. The number of amides is 1. The third-order valence-electron chi connectivity index (χ3n) is 5.99. The lowest BCUT2D eigenvalue weighted by Gasteiger charge is -2.23. The first-order valence-electron chi connectivity index (χ1n) is 13.0. The highest BCUT2D eigenvalue weighted by Gasteiger charge is 2.21. The van der Waals surface area contributed by atoms with Gasteiger partial charge in [-0.2, -0.15) is 10.2 Å². The molecule has 11 nitrogen and oxygen atoms in total. The second-order valence-corrected chi connectivity index (χ2v) is 10.8. The van der Waals surface area contributed by atoms with Crippen LogP contribution in [0.1, 0.15) is 55.5 Å². The van der Waals surface area contributed by atoms with E-state index < -0.39 is 27.3 Å². The Bertz CT molecular complexity index is 1440. The maximum absolute atomic E-state index is 13.0. The molecular weight excluding hydrogens is 534 g/mol. The molecule has 1 aromatic heterocycles. The van der Waals surface area contributed by atoms with Gasteiger partial charge in [0.05, 0.1) is 22.7 Å². The van der Waals surface area contributed by atoms with E-state index in [0.717, 1.165) is 31.7 Å². The van der Waals surface area contributed by atoms with Crippen molar-refractivity contribution in [2.45, 2.75) is 50.8 Å². The molecule has 3 N–H and O–H groups in total. The van der Waals surface area contributed by atoms with Crippen LogP contribution in [-0.4, -0.2) is 53.5 Å². The number of hydrogen-bond donors (Lipinski definition) is 3. The molecular formula is C28H33N5O6S. The van der Waals surface area contributed by atoms with Crippen LogP contribution in [0, 0.1) is 0 Å². The summed E-state index contributed by atoms with van der Waals surface area (Å²) >= 11 is 0. The summed E-state index contributed by atoms with van der Waals surface area (Å²) in [5, 5.41) is 28.3. The molecule has 2 aromatic carbocycles. The Balaban J connectivity index is 1.81. The lowest BCUT2D eigenvalue weighted by atomic mass is 10.0. The third-order valence-corrected chi connectivity index (χ3v) is 7.36. The van der Waals surface area contributed by atoms with E-state index in [0.29, 0.717) is 18.8 Å². The highest BCUT2D eigenvalue weighted by Crippen LogP contribution is 2.31. The van der Waals surface area contributed by atoms with Gasteiger partial charge >= 0.3 is 5.97 Å². The van der Waals surface area contributed by atoms with Crippen LogP contribution in [0.25, 0.3) is 0 Å². The van der Waals surface area contributed by atoms with Crippen LogP contribution < -0.4 is 4.72 Å². The summed E-state index contributed by atoms with van der Waals surface area (Å²) in [6.45, 7) is 5.25. The Morgan fingerprint density at radius 3 is 2.17 bits per heavy atom. The Labute approximate surface area is 233 Å². The number of hydrogen-bond acceptors (Lipinski definition) is 8. The predicted octanol–water partition coefficient (Wildman–Crippen LogP) is 5.67. The van der Waals surface area contributed by atoms with Crippen molar-refractivity contribution in [1.82, 2.24) is 9.88 Å². The zero-order chi connectivity index (χ0) is 29.1. The fourth-order valence-corrected chi connectivity index (χ4v) is 4.80. The summed E-state index contributed by atoms with van der Waals surface area (Å²) in [6, 6.07) is 13.0. The molecule has 0 saturated carbocycles. The van der Waals surface area contributed by atoms with Crippen molar-refractivity contribution in [2.24, 2.45) is 10.2 Å². The fraction of sp³-hybridized carbons (Fsp3) is 0.321. The molecule has 0 aliphatic carbocycles. The summed E-state index contributed by atoms with van der Waals surface area (Å²) in [5.74, 6) is -1.88. The third kappa shape index (κ3) is 8.34. The van der Waals surface area contributed by atoms with Crippen LogP contribution >= 0.6 is 0 Å². The highest BCUT2D eigenvalue weighted by atomic mass is 32.2. The number of phenols is 1. The number of azo groups is 1. The highest BCUT2D eigenvalue weighted by molar-refractivity contribution is 7.92. The van der Waals surface area contributed by atoms with Crippen LogP contribution in [0.4, 0.5) is 17.2 Å². The van der Waals surface area contributed by atoms with Crippen molar-refractivity contribution in [2.75, 3.05) is 17.8 Å². The number of carboxylic acids is 1. The van der Waals surface area contributed by atoms with E-state index in [2.05, 4.69) is 19.9 Å². The minimum atomic E-state index is -3.87. The summed E-state index contributed by atoms with van der Waals surface area (Å²) in [4.78, 5) is 30.5. The summed E-state index contributed by atoms with van der Waals surface area (Å²) in [5.41, 5.74) is 0.179. The molecule has 212 valence electrons. The zero-order valence-electron chi connectivity index (χ0n) is 22.4. The molecule has 0 aliphatic rings. The van der Waals surface area contributed by atoms with Crippen LogP contribution in [-0.2, 0) is 21.2 Å². The van der Waals surface area contributed by atoms with Crippen LogP contribution in [0.15, 0.2) is 75.9 Å². The van der Waals surface area contributed by atoms with E-state index in [1.54, 1.807) is 17.0 Å². The monoisotopic (exact) mass is 567 g/mol. The van der Waals surface area contributed by atoms with Crippen LogP contribution in [0.3, 0.4) is 0 Å². The van der Waals surface area contributed by atoms with Gasteiger partial charge in [-0.3, -0.25) is 9.52 Å². The second kappa shape index (κ2) is 14.2. The van der Waals surface area contributed by atoms with Gasteiger partial charge in [0.25, 0.3) is 10.0 Å². The van der Waals surface area contributed by atoms with E-state index in [1.165, 1.54) is 42.6 Å². The van der Waals surface area contributed by atoms with E-state index in [4.69, 9.17) is 0 Å². The number of carbonyl (C=O) groups is 2. The lowest BCUT2D eigenvalue weighted by molar-refractivity contribution is -0.130. The molecule has 0 aliphatic heterocycles. The van der Waals surface area contributed by atoms with Gasteiger partial charge < -0.3 is 15.1 Å². The topological polar surface area (TPSA) is 162 Å². The average molecular weight is 568 g/mol. The summed E-state index contributed by atoms with van der Waals surface area (Å²) in [7, 11) is -3.87. The van der Waals surface area contributed by atoms with Crippen molar-refractivity contribution in [3.63, 3.8) is 0 Å². The summed E-state index contributed by atoms with van der Waals surface area (Å²) in [6.07, 6.45) is 4.82. The van der Waals surface area contributed by atoms with Gasteiger partial charge in [0.2, 0.25) is 5.91 Å². The van der Waals surface area contributed by atoms with Gasteiger partial charge in [-0.1, -0.05) is 32.8 Å². The molecule has 3 aromatic rings. The van der Waals surface area contributed by atoms with Crippen molar-refractivity contribution < 1.29 is 28.2 Å². The smallest absolute Gasteiger partial charge is 0.339 e. The molecule has 40 heavy (non-hydrogen) atoms. The number of aromatic nitrogens is 1. The van der Waals surface area contributed by atoms with Crippen molar-refractivity contribution >= 4 is 39.1 Å². The van der Waals surface area contributed by atoms with E-state index in [-0.39, 0.29) is 34.3 Å².